The molecule has 12 heavy (non-hydrogen) atoms. The van der Waals surface area contributed by atoms with E-state index in [9.17, 15) is 0 Å². The molecule has 1 aromatic carbocycles. The third kappa shape index (κ3) is 1.38. The molecule has 1 aromatic rings. The van der Waals surface area contributed by atoms with Crippen molar-refractivity contribution in [2.45, 2.75) is 19.8 Å². The standard InChI is InChI=1S/C11H12.Li/c1-8-7-9(2)11-6-4-3-5-10(8)11;/h3-8H,1-2H3;/q;+1. The maximum absolute atomic E-state index is 2.32. The fourth-order valence-corrected chi connectivity index (χ4v) is 1.81. The quantitative estimate of drug-likeness (QED) is 0.465. The zero-order valence-corrected chi connectivity index (χ0v) is 7.96. The van der Waals surface area contributed by atoms with E-state index < -0.39 is 0 Å². The van der Waals surface area contributed by atoms with Crippen LogP contribution in [0.2, 0.25) is 0 Å². The molecule has 0 spiro atoms. The molecule has 1 aliphatic rings. The van der Waals surface area contributed by atoms with Crippen LogP contribution in [-0.4, -0.2) is 0 Å². The van der Waals surface area contributed by atoms with Gasteiger partial charge in [0.15, 0.2) is 0 Å². The van der Waals surface area contributed by atoms with Gasteiger partial charge in [-0.1, -0.05) is 37.3 Å². The van der Waals surface area contributed by atoms with Gasteiger partial charge in [0.25, 0.3) is 0 Å². The summed E-state index contributed by atoms with van der Waals surface area (Å²) in [5.74, 6) is 0.617. The molecular weight excluding hydrogens is 139 g/mol. The van der Waals surface area contributed by atoms with Crippen molar-refractivity contribution in [1.82, 2.24) is 0 Å². The van der Waals surface area contributed by atoms with Gasteiger partial charge in [-0.3, -0.25) is 0 Å². The van der Waals surface area contributed by atoms with E-state index >= 15 is 0 Å². The summed E-state index contributed by atoms with van der Waals surface area (Å²) in [5.41, 5.74) is 4.33. The third-order valence-corrected chi connectivity index (χ3v) is 2.38. The molecule has 0 saturated carbocycles. The number of hydrogen-bond donors (Lipinski definition) is 0. The topological polar surface area (TPSA) is 0 Å². The summed E-state index contributed by atoms with van der Waals surface area (Å²) in [5, 5.41) is 0. The van der Waals surface area contributed by atoms with Crippen LogP contribution in [0.25, 0.3) is 5.57 Å². The van der Waals surface area contributed by atoms with Crippen LogP contribution in [0.4, 0.5) is 0 Å². The first-order valence-electron chi connectivity index (χ1n) is 4.07. The van der Waals surface area contributed by atoms with Gasteiger partial charge in [0, 0.05) is 5.92 Å². The second kappa shape index (κ2) is 3.52. The second-order valence-corrected chi connectivity index (χ2v) is 3.23. The summed E-state index contributed by atoms with van der Waals surface area (Å²) in [6, 6.07) is 8.63. The van der Waals surface area contributed by atoms with E-state index in [4.69, 9.17) is 0 Å². The average molecular weight is 151 g/mol. The van der Waals surface area contributed by atoms with Crippen LogP contribution < -0.4 is 18.9 Å². The van der Waals surface area contributed by atoms with E-state index in [1.165, 1.54) is 16.7 Å². The van der Waals surface area contributed by atoms with Gasteiger partial charge < -0.3 is 0 Å². The van der Waals surface area contributed by atoms with Gasteiger partial charge in [-0.15, -0.1) is 0 Å². The molecule has 0 heterocycles. The first kappa shape index (κ1) is 9.64. The molecule has 0 bridgehead atoms. The summed E-state index contributed by atoms with van der Waals surface area (Å²) in [6.45, 7) is 4.43. The van der Waals surface area contributed by atoms with Crippen molar-refractivity contribution in [2.24, 2.45) is 0 Å². The van der Waals surface area contributed by atoms with Crippen LogP contribution >= 0.6 is 0 Å². The molecule has 0 saturated heterocycles. The molecule has 1 heteroatoms. The Balaban J connectivity index is 0.000000720. The number of benzene rings is 1. The first-order chi connectivity index (χ1) is 5.29. The summed E-state index contributed by atoms with van der Waals surface area (Å²) in [6.07, 6.45) is 2.32. The van der Waals surface area contributed by atoms with Crippen LogP contribution in [0.3, 0.4) is 0 Å². The molecule has 0 amide bonds. The van der Waals surface area contributed by atoms with Crippen molar-refractivity contribution in [1.29, 1.82) is 0 Å². The molecule has 2 rings (SSSR count). The first-order valence-corrected chi connectivity index (χ1v) is 4.07. The Kier molecular flexibility index (Phi) is 2.83. The molecule has 1 aliphatic carbocycles. The Morgan fingerprint density at radius 2 is 1.83 bits per heavy atom. The maximum Gasteiger partial charge on any atom is 1.00 e. The molecule has 0 N–H and O–H groups in total. The smallest absolute Gasteiger partial charge is 0.0737 e. The van der Waals surface area contributed by atoms with Crippen molar-refractivity contribution in [3.05, 3.63) is 41.5 Å². The number of rotatable bonds is 0. The minimum absolute atomic E-state index is 0. The van der Waals surface area contributed by atoms with Crippen molar-refractivity contribution in [3.63, 3.8) is 0 Å². The van der Waals surface area contributed by atoms with Crippen LogP contribution in [0.1, 0.15) is 30.9 Å². The fraction of sp³-hybridized carbons (Fsp3) is 0.273. The van der Waals surface area contributed by atoms with Gasteiger partial charge in [0.2, 0.25) is 0 Å². The van der Waals surface area contributed by atoms with Crippen molar-refractivity contribution >= 4 is 5.57 Å². The van der Waals surface area contributed by atoms with Crippen LogP contribution in [0.15, 0.2) is 30.3 Å². The van der Waals surface area contributed by atoms with E-state index in [-0.39, 0.29) is 18.9 Å². The molecule has 56 valence electrons. The van der Waals surface area contributed by atoms with E-state index in [2.05, 4.69) is 44.2 Å². The Labute approximate surface area is 85.9 Å². The SMILES string of the molecule is CC1=CC(C)c2ccccc21.[Li+]. The molecule has 1 unspecified atom stereocenters. The maximum atomic E-state index is 2.32. The Bertz CT molecular complexity index is 313. The van der Waals surface area contributed by atoms with E-state index in [0.717, 1.165) is 0 Å². The average Bonchev–Trinajstić information content (AvgIpc) is 2.30. The van der Waals surface area contributed by atoms with Gasteiger partial charge in [-0.05, 0) is 23.6 Å². The van der Waals surface area contributed by atoms with E-state index in [1.807, 2.05) is 0 Å². The Morgan fingerprint density at radius 3 is 2.50 bits per heavy atom. The molecular formula is C11H12Li+. The predicted molar refractivity (Wildman–Crippen MR) is 48.5 cm³/mol. The zero-order chi connectivity index (χ0) is 7.84. The summed E-state index contributed by atoms with van der Waals surface area (Å²) < 4.78 is 0. The monoisotopic (exact) mass is 151 g/mol. The Morgan fingerprint density at radius 1 is 1.17 bits per heavy atom. The largest absolute Gasteiger partial charge is 1.00 e. The fourth-order valence-electron chi connectivity index (χ4n) is 1.81. The molecule has 0 radical (unpaired) electrons. The molecule has 0 aliphatic heterocycles. The van der Waals surface area contributed by atoms with Crippen molar-refractivity contribution in [3.8, 4) is 0 Å². The number of fused-ring (bicyclic) bond motifs is 1. The summed E-state index contributed by atoms with van der Waals surface area (Å²) >= 11 is 0. The molecule has 0 fully saturated rings. The van der Waals surface area contributed by atoms with Crippen molar-refractivity contribution in [2.75, 3.05) is 0 Å². The van der Waals surface area contributed by atoms with Gasteiger partial charge in [0.05, 0.1) is 0 Å². The van der Waals surface area contributed by atoms with E-state index in [1.54, 1.807) is 0 Å². The molecule has 1 atom stereocenters. The Hall–Kier alpha value is -0.443. The minimum atomic E-state index is 0. The summed E-state index contributed by atoms with van der Waals surface area (Å²) in [7, 11) is 0. The predicted octanol–water partition coefficient (Wildman–Crippen LogP) is 0.211. The zero-order valence-electron chi connectivity index (χ0n) is 7.96. The normalized spacial score (nSPS) is 19.5. The van der Waals surface area contributed by atoms with Gasteiger partial charge in [-0.2, -0.15) is 0 Å². The van der Waals surface area contributed by atoms with Crippen LogP contribution in [0, 0.1) is 0 Å². The second-order valence-electron chi connectivity index (χ2n) is 3.23. The van der Waals surface area contributed by atoms with Gasteiger partial charge in [0.1, 0.15) is 0 Å². The van der Waals surface area contributed by atoms with Gasteiger partial charge in [-0.25, -0.2) is 0 Å². The number of hydrogen-bond acceptors (Lipinski definition) is 0. The number of allylic oxidation sites excluding steroid dienone is 2. The van der Waals surface area contributed by atoms with Gasteiger partial charge >= 0.3 is 18.9 Å². The van der Waals surface area contributed by atoms with Crippen LogP contribution in [0.5, 0.6) is 0 Å². The molecule has 0 aromatic heterocycles. The van der Waals surface area contributed by atoms with E-state index in [0.29, 0.717) is 5.92 Å². The third-order valence-electron chi connectivity index (χ3n) is 2.38. The molecule has 0 nitrogen and oxygen atoms in total. The van der Waals surface area contributed by atoms with Crippen molar-refractivity contribution < 1.29 is 18.9 Å². The summed E-state index contributed by atoms with van der Waals surface area (Å²) in [4.78, 5) is 0. The minimum Gasteiger partial charge on any atom is -0.0737 e. The van der Waals surface area contributed by atoms with Crippen LogP contribution in [-0.2, 0) is 0 Å².